The maximum absolute atomic E-state index is 5.66. The molecule has 2 rings (SSSR count). The van der Waals surface area contributed by atoms with Crippen LogP contribution < -0.4 is 5.32 Å². The van der Waals surface area contributed by atoms with Crippen LogP contribution in [0.3, 0.4) is 0 Å². The average molecular weight is 250 g/mol. The third-order valence-corrected chi connectivity index (χ3v) is 3.96. The minimum Gasteiger partial charge on any atom is -0.468 e. The predicted octanol–water partition coefficient (Wildman–Crippen LogP) is 3.15. The average Bonchev–Trinajstić information content (AvgIpc) is 3.12. The lowest BCUT2D eigenvalue weighted by Gasteiger charge is -2.26. The maximum Gasteiger partial charge on any atom is 0.122 e. The van der Waals surface area contributed by atoms with Crippen LogP contribution in [0.25, 0.3) is 0 Å². The molecule has 1 aromatic heterocycles. The molecule has 1 heterocycles. The SMILES string of the molecule is CCC(C)N(CC)Cc1occc1CNC1CC1. The molecule has 1 fully saturated rings. The molecular weight excluding hydrogens is 224 g/mol. The number of nitrogens with one attached hydrogen (secondary N) is 1. The molecule has 0 bridgehead atoms. The van der Waals surface area contributed by atoms with Crippen molar-refractivity contribution in [2.75, 3.05) is 6.54 Å². The Morgan fingerprint density at radius 3 is 2.83 bits per heavy atom. The molecule has 3 nitrogen and oxygen atoms in total. The van der Waals surface area contributed by atoms with Crippen LogP contribution in [0.4, 0.5) is 0 Å². The lowest BCUT2D eigenvalue weighted by molar-refractivity contribution is 0.189. The lowest BCUT2D eigenvalue weighted by atomic mass is 10.2. The van der Waals surface area contributed by atoms with Crippen molar-refractivity contribution in [3.63, 3.8) is 0 Å². The smallest absolute Gasteiger partial charge is 0.122 e. The molecule has 18 heavy (non-hydrogen) atoms. The van der Waals surface area contributed by atoms with Crippen LogP contribution >= 0.6 is 0 Å². The summed E-state index contributed by atoms with van der Waals surface area (Å²) in [4.78, 5) is 2.47. The zero-order chi connectivity index (χ0) is 13.0. The van der Waals surface area contributed by atoms with Crippen LogP contribution in [0.2, 0.25) is 0 Å². The van der Waals surface area contributed by atoms with Crippen molar-refractivity contribution in [2.45, 2.75) is 65.2 Å². The van der Waals surface area contributed by atoms with Gasteiger partial charge in [0.15, 0.2) is 0 Å². The molecule has 0 aliphatic heterocycles. The number of rotatable bonds is 8. The third-order valence-electron chi connectivity index (χ3n) is 3.96. The van der Waals surface area contributed by atoms with Gasteiger partial charge in [-0.3, -0.25) is 4.90 Å². The fraction of sp³-hybridized carbons (Fsp3) is 0.733. The van der Waals surface area contributed by atoms with Crippen LogP contribution in [0, 0.1) is 0 Å². The van der Waals surface area contributed by atoms with E-state index >= 15 is 0 Å². The quantitative estimate of drug-likeness (QED) is 0.768. The molecule has 1 saturated carbocycles. The van der Waals surface area contributed by atoms with Gasteiger partial charge < -0.3 is 9.73 Å². The molecule has 0 radical (unpaired) electrons. The van der Waals surface area contributed by atoms with E-state index in [1.54, 1.807) is 0 Å². The Bertz CT molecular complexity index is 357. The second kappa shape index (κ2) is 6.39. The molecule has 0 amide bonds. The minimum atomic E-state index is 0.615. The van der Waals surface area contributed by atoms with E-state index < -0.39 is 0 Å². The first kappa shape index (κ1) is 13.6. The molecule has 1 aliphatic rings. The largest absolute Gasteiger partial charge is 0.468 e. The van der Waals surface area contributed by atoms with E-state index in [0.717, 1.165) is 31.4 Å². The Kier molecular flexibility index (Phi) is 4.84. The summed E-state index contributed by atoms with van der Waals surface area (Å²) in [7, 11) is 0. The van der Waals surface area contributed by atoms with Crippen molar-refractivity contribution >= 4 is 0 Å². The highest BCUT2D eigenvalue weighted by molar-refractivity contribution is 5.17. The summed E-state index contributed by atoms with van der Waals surface area (Å²) < 4.78 is 5.66. The highest BCUT2D eigenvalue weighted by Gasteiger charge is 2.21. The predicted molar refractivity (Wildman–Crippen MR) is 74.4 cm³/mol. The molecule has 0 saturated heterocycles. The van der Waals surface area contributed by atoms with E-state index in [9.17, 15) is 0 Å². The highest BCUT2D eigenvalue weighted by Crippen LogP contribution is 2.21. The van der Waals surface area contributed by atoms with Gasteiger partial charge in [0.05, 0.1) is 12.8 Å². The first-order chi connectivity index (χ1) is 8.74. The first-order valence-electron chi connectivity index (χ1n) is 7.27. The van der Waals surface area contributed by atoms with E-state index in [-0.39, 0.29) is 0 Å². The van der Waals surface area contributed by atoms with Crippen LogP contribution in [0.1, 0.15) is 51.4 Å². The van der Waals surface area contributed by atoms with Crippen molar-refractivity contribution in [1.82, 2.24) is 10.2 Å². The maximum atomic E-state index is 5.66. The van der Waals surface area contributed by atoms with Crippen molar-refractivity contribution in [3.8, 4) is 0 Å². The topological polar surface area (TPSA) is 28.4 Å². The van der Waals surface area contributed by atoms with Gasteiger partial charge in [-0.05, 0) is 38.8 Å². The van der Waals surface area contributed by atoms with E-state index in [2.05, 4.69) is 37.1 Å². The van der Waals surface area contributed by atoms with Crippen LogP contribution in [0.15, 0.2) is 16.7 Å². The standard InChI is InChI=1S/C15H26N2O/c1-4-12(3)17(5-2)11-15-13(8-9-18-15)10-16-14-6-7-14/h8-9,12,14,16H,4-7,10-11H2,1-3H3. The monoisotopic (exact) mass is 250 g/mol. The summed E-state index contributed by atoms with van der Waals surface area (Å²) in [6.45, 7) is 9.71. The lowest BCUT2D eigenvalue weighted by Crippen LogP contribution is -2.32. The zero-order valence-electron chi connectivity index (χ0n) is 11.9. The second-order valence-electron chi connectivity index (χ2n) is 5.34. The first-order valence-corrected chi connectivity index (χ1v) is 7.27. The number of hydrogen-bond acceptors (Lipinski definition) is 3. The van der Waals surface area contributed by atoms with E-state index in [1.807, 2.05) is 6.26 Å². The third kappa shape index (κ3) is 3.59. The summed E-state index contributed by atoms with van der Waals surface area (Å²) in [6.07, 6.45) is 5.68. The summed E-state index contributed by atoms with van der Waals surface area (Å²) in [5.41, 5.74) is 1.32. The summed E-state index contributed by atoms with van der Waals surface area (Å²) >= 11 is 0. The summed E-state index contributed by atoms with van der Waals surface area (Å²) in [5, 5.41) is 3.56. The number of furan rings is 1. The second-order valence-corrected chi connectivity index (χ2v) is 5.34. The molecule has 1 aromatic rings. The van der Waals surface area contributed by atoms with Crippen molar-refractivity contribution in [1.29, 1.82) is 0 Å². The van der Waals surface area contributed by atoms with Crippen LogP contribution in [0.5, 0.6) is 0 Å². The molecule has 0 aromatic carbocycles. The van der Waals surface area contributed by atoms with Crippen molar-refractivity contribution < 1.29 is 4.42 Å². The molecule has 1 N–H and O–H groups in total. The number of hydrogen-bond donors (Lipinski definition) is 1. The normalized spacial score (nSPS) is 17.3. The molecule has 0 spiro atoms. The number of nitrogens with zero attached hydrogens (tertiary/aromatic N) is 1. The van der Waals surface area contributed by atoms with Gasteiger partial charge in [-0.1, -0.05) is 13.8 Å². The Labute approximate surface area is 111 Å². The van der Waals surface area contributed by atoms with Crippen molar-refractivity contribution in [2.24, 2.45) is 0 Å². The van der Waals surface area contributed by atoms with Gasteiger partial charge in [0.1, 0.15) is 5.76 Å². The van der Waals surface area contributed by atoms with E-state index in [4.69, 9.17) is 4.42 Å². The van der Waals surface area contributed by atoms with Gasteiger partial charge in [-0.25, -0.2) is 0 Å². The fourth-order valence-electron chi connectivity index (χ4n) is 2.23. The Hall–Kier alpha value is -0.800. The van der Waals surface area contributed by atoms with Crippen molar-refractivity contribution in [3.05, 3.63) is 23.7 Å². The molecule has 1 aliphatic carbocycles. The summed E-state index contributed by atoms with van der Waals surface area (Å²) in [6, 6.07) is 3.48. The molecule has 3 heteroatoms. The van der Waals surface area contributed by atoms with Gasteiger partial charge in [0, 0.05) is 24.2 Å². The Morgan fingerprint density at radius 2 is 2.22 bits per heavy atom. The van der Waals surface area contributed by atoms with Crippen LogP contribution in [-0.2, 0) is 13.1 Å². The van der Waals surface area contributed by atoms with Gasteiger partial charge in [-0.15, -0.1) is 0 Å². The highest BCUT2D eigenvalue weighted by atomic mass is 16.3. The molecule has 1 atom stereocenters. The Balaban J connectivity index is 1.92. The van der Waals surface area contributed by atoms with Gasteiger partial charge in [-0.2, -0.15) is 0 Å². The fourth-order valence-corrected chi connectivity index (χ4v) is 2.23. The summed E-state index contributed by atoms with van der Waals surface area (Å²) in [5.74, 6) is 1.13. The van der Waals surface area contributed by atoms with Gasteiger partial charge >= 0.3 is 0 Å². The van der Waals surface area contributed by atoms with Gasteiger partial charge in [0.2, 0.25) is 0 Å². The van der Waals surface area contributed by atoms with E-state index in [1.165, 1.54) is 24.8 Å². The van der Waals surface area contributed by atoms with Crippen LogP contribution in [-0.4, -0.2) is 23.5 Å². The van der Waals surface area contributed by atoms with E-state index in [0.29, 0.717) is 6.04 Å². The minimum absolute atomic E-state index is 0.615. The molecule has 1 unspecified atom stereocenters. The van der Waals surface area contributed by atoms with Gasteiger partial charge in [0.25, 0.3) is 0 Å². The molecule has 102 valence electrons. The zero-order valence-corrected chi connectivity index (χ0v) is 11.9. The Morgan fingerprint density at radius 1 is 1.44 bits per heavy atom. The molecular formula is C15H26N2O.